The molecule has 0 radical (unpaired) electrons. The highest BCUT2D eigenvalue weighted by atomic mass is 32.1. The summed E-state index contributed by atoms with van der Waals surface area (Å²) >= 11 is 1.38. The minimum absolute atomic E-state index is 0.0212. The summed E-state index contributed by atoms with van der Waals surface area (Å²) in [5, 5.41) is 12.6. The lowest BCUT2D eigenvalue weighted by Gasteiger charge is -2.31. The zero-order valence-electron chi connectivity index (χ0n) is 24.2. The number of carbonyl (C=O) groups is 2. The zero-order chi connectivity index (χ0) is 29.7. The third-order valence-electron chi connectivity index (χ3n) is 6.69. The van der Waals surface area contributed by atoms with Gasteiger partial charge in [0.2, 0.25) is 5.91 Å². The number of thiophene rings is 1. The monoisotopic (exact) mass is 541 g/mol. The fourth-order valence-electron chi connectivity index (χ4n) is 4.97. The lowest BCUT2D eigenvalue weighted by molar-refractivity contribution is -0.126. The van der Waals surface area contributed by atoms with E-state index in [1.54, 1.807) is 39.0 Å². The first-order chi connectivity index (χ1) is 19.2. The maximum atomic E-state index is 13.4. The van der Waals surface area contributed by atoms with Gasteiger partial charge in [-0.15, -0.1) is 11.3 Å². The van der Waals surface area contributed by atoms with Crippen LogP contribution in [0.25, 0.3) is 21.5 Å². The number of rotatable bonds is 5. The van der Waals surface area contributed by atoms with E-state index in [1.165, 1.54) is 16.2 Å². The van der Waals surface area contributed by atoms with Crippen LogP contribution in [-0.4, -0.2) is 58.4 Å². The highest BCUT2D eigenvalue weighted by molar-refractivity contribution is 7.15. The van der Waals surface area contributed by atoms with Crippen LogP contribution in [0, 0.1) is 17.2 Å². The van der Waals surface area contributed by atoms with E-state index in [1.807, 2.05) is 12.1 Å². The molecular formula is C27H30N4O6S. The number of nitrogens with zero attached hydrogens (tertiary/aromatic N) is 3. The first-order valence-electron chi connectivity index (χ1n) is 13.8. The lowest BCUT2D eigenvalue weighted by Crippen LogP contribution is -2.52. The van der Waals surface area contributed by atoms with E-state index in [0.29, 0.717) is 29.8 Å². The van der Waals surface area contributed by atoms with Gasteiger partial charge < -0.3 is 19.2 Å². The SMILES string of the molecule is [2H]C([2H])([2H])n1c(=O)oc2ccc(-c3ccc(C[C@@H](C#N)NC(=O)[C@@H]4C[C@@H]5COC[C@@H]5N4C(=O)OC(C)(C)C)s3)cc21. The van der Waals surface area contributed by atoms with Gasteiger partial charge in [-0.1, -0.05) is 0 Å². The molecule has 1 N–H and O–H groups in total. The maximum Gasteiger partial charge on any atom is 0.419 e. The summed E-state index contributed by atoms with van der Waals surface area (Å²) in [5.41, 5.74) is 0.277. The molecule has 2 aromatic heterocycles. The van der Waals surface area contributed by atoms with Crippen molar-refractivity contribution in [2.45, 2.75) is 57.3 Å². The molecule has 38 heavy (non-hydrogen) atoms. The molecule has 2 amide bonds. The quantitative estimate of drug-likeness (QED) is 0.524. The zero-order valence-corrected chi connectivity index (χ0v) is 22.0. The van der Waals surface area contributed by atoms with Crippen LogP contribution in [0.15, 0.2) is 39.5 Å². The number of ether oxygens (including phenoxy) is 2. The number of nitriles is 1. The van der Waals surface area contributed by atoms with Crippen molar-refractivity contribution in [1.29, 1.82) is 5.26 Å². The van der Waals surface area contributed by atoms with Crippen LogP contribution in [-0.2, 0) is 27.7 Å². The molecule has 0 aliphatic carbocycles. The number of hydrogen-bond donors (Lipinski definition) is 1. The summed E-state index contributed by atoms with van der Waals surface area (Å²) in [6.07, 6.45) is 0.0794. The molecule has 4 heterocycles. The molecule has 1 aromatic carbocycles. The van der Waals surface area contributed by atoms with Crippen LogP contribution in [0.5, 0.6) is 0 Å². The van der Waals surface area contributed by atoms with Crippen molar-refractivity contribution in [3.63, 3.8) is 0 Å². The molecule has 0 bridgehead atoms. The smallest absolute Gasteiger partial charge is 0.419 e. The number of aromatic nitrogens is 1. The predicted octanol–water partition coefficient (Wildman–Crippen LogP) is 3.44. The van der Waals surface area contributed by atoms with E-state index in [2.05, 4.69) is 11.4 Å². The summed E-state index contributed by atoms with van der Waals surface area (Å²) in [6.45, 7) is 3.39. The Morgan fingerprint density at radius 3 is 2.87 bits per heavy atom. The normalized spacial score (nSPS) is 23.3. The van der Waals surface area contributed by atoms with Gasteiger partial charge in [0.05, 0.1) is 30.8 Å². The second kappa shape index (κ2) is 9.93. The maximum absolute atomic E-state index is 13.4. The number of fused-ring (bicyclic) bond motifs is 2. The Labute approximate surface area is 227 Å². The first kappa shape index (κ1) is 22.4. The first-order valence-corrected chi connectivity index (χ1v) is 13.1. The Bertz CT molecular complexity index is 1580. The standard InChI is InChI=1S/C27H30N4O6S/c1-27(2,3)37-26(34)31-20(10-16-13-35-14-21(16)31)24(32)29-17(12-28)11-18-6-8-23(38-18)15-5-7-22-19(9-15)30(4)25(33)36-22/h5-9,16-17,20-21H,10-11,13-14H2,1-4H3,(H,29,32)/t16-,17+,20+,21+/m1/s1/i4D3. The molecule has 4 atom stereocenters. The third-order valence-corrected chi connectivity index (χ3v) is 7.85. The summed E-state index contributed by atoms with van der Waals surface area (Å²) < 4.78 is 39.8. The van der Waals surface area contributed by atoms with Crippen molar-refractivity contribution in [3.05, 3.63) is 45.8 Å². The molecule has 2 aliphatic heterocycles. The van der Waals surface area contributed by atoms with Gasteiger partial charge in [0.25, 0.3) is 0 Å². The molecule has 11 heteroatoms. The highest BCUT2D eigenvalue weighted by Gasteiger charge is 2.51. The Kier molecular flexibility index (Phi) is 5.84. The molecular weight excluding hydrogens is 508 g/mol. The Balaban J connectivity index is 1.30. The molecule has 10 nitrogen and oxygen atoms in total. The minimum Gasteiger partial charge on any atom is -0.444 e. The molecule has 0 spiro atoms. The Morgan fingerprint density at radius 2 is 2.13 bits per heavy atom. The van der Waals surface area contributed by atoms with Crippen LogP contribution < -0.4 is 11.1 Å². The number of benzene rings is 1. The number of likely N-dealkylation sites (tertiary alicyclic amines) is 1. The molecule has 2 saturated heterocycles. The van der Waals surface area contributed by atoms with Crippen molar-refractivity contribution >= 4 is 34.4 Å². The summed E-state index contributed by atoms with van der Waals surface area (Å²) in [4.78, 5) is 41.5. The van der Waals surface area contributed by atoms with E-state index < -0.39 is 42.4 Å². The van der Waals surface area contributed by atoms with Crippen LogP contribution in [0.2, 0.25) is 0 Å². The van der Waals surface area contributed by atoms with Gasteiger partial charge in [0.15, 0.2) is 5.58 Å². The van der Waals surface area contributed by atoms with E-state index in [-0.39, 0.29) is 29.5 Å². The van der Waals surface area contributed by atoms with Crippen LogP contribution in [0.1, 0.15) is 36.2 Å². The topological polar surface area (TPSA) is 127 Å². The number of hydrogen-bond acceptors (Lipinski definition) is 8. The molecule has 2 aliphatic rings. The van der Waals surface area contributed by atoms with Crippen molar-refractivity contribution in [3.8, 4) is 16.5 Å². The number of carbonyl (C=O) groups excluding carboxylic acids is 2. The molecule has 0 saturated carbocycles. The Hall–Kier alpha value is -3.62. The molecule has 3 aromatic rings. The van der Waals surface area contributed by atoms with E-state index in [0.717, 1.165) is 9.75 Å². The van der Waals surface area contributed by atoms with Gasteiger partial charge in [0, 0.05) is 33.2 Å². The van der Waals surface area contributed by atoms with E-state index >= 15 is 0 Å². The van der Waals surface area contributed by atoms with Gasteiger partial charge in [-0.3, -0.25) is 14.3 Å². The third kappa shape index (κ3) is 5.06. The van der Waals surface area contributed by atoms with Crippen molar-refractivity contribution in [1.82, 2.24) is 14.8 Å². The molecule has 5 rings (SSSR count). The summed E-state index contributed by atoms with van der Waals surface area (Å²) in [5.74, 6) is -1.35. The van der Waals surface area contributed by atoms with Gasteiger partial charge >= 0.3 is 11.8 Å². The number of amides is 2. The average Bonchev–Trinajstić information content (AvgIpc) is 3.63. The summed E-state index contributed by atoms with van der Waals surface area (Å²) in [6, 6.07) is 8.79. The van der Waals surface area contributed by atoms with Crippen LogP contribution in [0.4, 0.5) is 4.79 Å². The van der Waals surface area contributed by atoms with Gasteiger partial charge in [-0.2, -0.15) is 5.26 Å². The van der Waals surface area contributed by atoms with Gasteiger partial charge in [0.1, 0.15) is 17.7 Å². The highest BCUT2D eigenvalue weighted by Crippen LogP contribution is 2.36. The van der Waals surface area contributed by atoms with E-state index in [4.69, 9.17) is 18.0 Å². The largest absolute Gasteiger partial charge is 0.444 e. The fraction of sp³-hybridized carbons (Fsp3) is 0.481. The van der Waals surface area contributed by atoms with E-state index in [9.17, 15) is 19.6 Å². The summed E-state index contributed by atoms with van der Waals surface area (Å²) in [7, 11) is 0. The number of oxazole rings is 1. The second-order valence-electron chi connectivity index (χ2n) is 10.6. The fourth-order valence-corrected chi connectivity index (χ4v) is 6.02. The Morgan fingerprint density at radius 1 is 1.32 bits per heavy atom. The van der Waals surface area contributed by atoms with Gasteiger partial charge in [-0.25, -0.2) is 9.59 Å². The minimum atomic E-state index is -2.69. The van der Waals surface area contributed by atoms with Crippen molar-refractivity contribution in [2.75, 3.05) is 13.2 Å². The van der Waals surface area contributed by atoms with Crippen molar-refractivity contribution < 1.29 is 27.6 Å². The second-order valence-corrected chi connectivity index (χ2v) is 11.7. The number of nitrogens with one attached hydrogen (secondary N) is 1. The molecule has 0 unspecified atom stereocenters. The average molecular weight is 542 g/mol. The molecule has 2 fully saturated rings. The van der Waals surface area contributed by atoms with Gasteiger partial charge in [-0.05, 0) is 63.1 Å². The van der Waals surface area contributed by atoms with Crippen molar-refractivity contribution in [2.24, 2.45) is 12.9 Å². The molecule has 200 valence electrons. The van der Waals surface area contributed by atoms with Crippen LogP contribution in [0.3, 0.4) is 0 Å². The predicted molar refractivity (Wildman–Crippen MR) is 141 cm³/mol. The van der Waals surface area contributed by atoms with Crippen LogP contribution >= 0.6 is 11.3 Å². The number of aryl methyl sites for hydroxylation is 1. The lowest BCUT2D eigenvalue weighted by atomic mass is 10.0.